The molecule has 2 heterocycles. The third kappa shape index (κ3) is 3.39. The van der Waals surface area contributed by atoms with Gasteiger partial charge in [-0.2, -0.15) is 5.26 Å². The van der Waals surface area contributed by atoms with Gasteiger partial charge in [0.2, 0.25) is 0 Å². The van der Waals surface area contributed by atoms with Crippen LogP contribution in [0.25, 0.3) is 0 Å². The van der Waals surface area contributed by atoms with Crippen molar-refractivity contribution in [3.05, 3.63) is 48.3 Å². The minimum absolute atomic E-state index is 0.0425. The number of imidazole rings is 1. The van der Waals surface area contributed by atoms with E-state index in [0.717, 1.165) is 0 Å². The molecule has 0 saturated heterocycles. The van der Waals surface area contributed by atoms with Crippen LogP contribution >= 0.6 is 0 Å². The van der Waals surface area contributed by atoms with Gasteiger partial charge in [0.15, 0.2) is 0 Å². The van der Waals surface area contributed by atoms with Gasteiger partial charge in [0, 0.05) is 31.2 Å². The van der Waals surface area contributed by atoms with Gasteiger partial charge in [-0.15, -0.1) is 0 Å². The summed E-state index contributed by atoms with van der Waals surface area (Å²) in [6.45, 7) is 2.55. The monoisotopic (exact) mass is 255 g/mol. The van der Waals surface area contributed by atoms with Crippen LogP contribution in [-0.4, -0.2) is 26.5 Å². The van der Waals surface area contributed by atoms with Crippen molar-refractivity contribution in [1.82, 2.24) is 19.9 Å². The Morgan fingerprint density at radius 3 is 3.00 bits per heavy atom. The fourth-order valence-corrected chi connectivity index (χ4v) is 1.65. The first kappa shape index (κ1) is 12.8. The second kappa shape index (κ2) is 5.78. The molecule has 1 N–H and O–H groups in total. The van der Waals surface area contributed by atoms with Crippen molar-refractivity contribution >= 4 is 5.91 Å². The molecule has 0 aliphatic carbocycles. The van der Waals surface area contributed by atoms with E-state index in [1.165, 1.54) is 12.3 Å². The van der Waals surface area contributed by atoms with Gasteiger partial charge in [-0.1, -0.05) is 0 Å². The molecule has 0 aromatic carbocycles. The standard InChI is InChI=1S/C13H13N5O/c1-10(8-18-5-4-15-9-18)17-13(19)12-3-2-11(6-14)7-16-12/h2-5,7,9-10H,8H2,1H3,(H,17,19). The van der Waals surface area contributed by atoms with Crippen LogP contribution in [0, 0.1) is 11.3 Å². The van der Waals surface area contributed by atoms with E-state index in [2.05, 4.69) is 15.3 Å². The predicted molar refractivity (Wildman–Crippen MR) is 68.1 cm³/mol. The van der Waals surface area contributed by atoms with Crippen molar-refractivity contribution < 1.29 is 4.79 Å². The normalized spacial score (nSPS) is 11.6. The molecule has 1 amide bonds. The Morgan fingerprint density at radius 1 is 1.58 bits per heavy atom. The summed E-state index contributed by atoms with van der Waals surface area (Å²) in [5, 5.41) is 11.5. The van der Waals surface area contributed by atoms with E-state index in [-0.39, 0.29) is 11.9 Å². The number of carbonyl (C=O) groups excluding carboxylic acids is 1. The second-order valence-electron chi connectivity index (χ2n) is 4.18. The summed E-state index contributed by atoms with van der Waals surface area (Å²) in [5.74, 6) is -0.253. The molecule has 2 aromatic heterocycles. The third-order valence-corrected chi connectivity index (χ3v) is 2.55. The second-order valence-corrected chi connectivity index (χ2v) is 4.18. The van der Waals surface area contributed by atoms with Gasteiger partial charge in [0.1, 0.15) is 11.8 Å². The molecular weight excluding hydrogens is 242 g/mol. The summed E-state index contributed by atoms with van der Waals surface area (Å²) in [7, 11) is 0. The van der Waals surface area contributed by atoms with Crippen LogP contribution in [0.3, 0.4) is 0 Å². The number of nitrogens with one attached hydrogen (secondary N) is 1. The summed E-state index contributed by atoms with van der Waals surface area (Å²) in [5.41, 5.74) is 0.736. The number of aromatic nitrogens is 3. The first-order chi connectivity index (χ1) is 9.19. The Labute approximate surface area is 110 Å². The summed E-state index contributed by atoms with van der Waals surface area (Å²) in [6, 6.07) is 5.03. The topological polar surface area (TPSA) is 83.6 Å². The molecule has 0 aliphatic rings. The fraction of sp³-hybridized carbons (Fsp3) is 0.231. The van der Waals surface area contributed by atoms with Crippen molar-refractivity contribution in [3.8, 4) is 6.07 Å². The van der Waals surface area contributed by atoms with Gasteiger partial charge in [0.25, 0.3) is 5.91 Å². The highest BCUT2D eigenvalue weighted by Crippen LogP contribution is 2.00. The fourth-order valence-electron chi connectivity index (χ4n) is 1.65. The molecule has 0 spiro atoms. The molecule has 19 heavy (non-hydrogen) atoms. The summed E-state index contributed by atoms with van der Waals surface area (Å²) < 4.78 is 1.89. The zero-order valence-corrected chi connectivity index (χ0v) is 10.4. The Kier molecular flexibility index (Phi) is 3.88. The molecule has 96 valence electrons. The van der Waals surface area contributed by atoms with Gasteiger partial charge >= 0.3 is 0 Å². The van der Waals surface area contributed by atoms with Crippen molar-refractivity contribution in [3.63, 3.8) is 0 Å². The maximum absolute atomic E-state index is 11.9. The SMILES string of the molecule is CC(Cn1ccnc1)NC(=O)c1ccc(C#N)cn1. The predicted octanol–water partition coefficient (Wildman–Crippen LogP) is 0.968. The van der Waals surface area contributed by atoms with Crippen LogP contribution in [0.5, 0.6) is 0 Å². The molecule has 6 heteroatoms. The molecule has 0 bridgehead atoms. The molecule has 0 aliphatic heterocycles. The molecule has 6 nitrogen and oxygen atoms in total. The van der Waals surface area contributed by atoms with E-state index in [4.69, 9.17) is 5.26 Å². The van der Waals surface area contributed by atoms with Crippen molar-refractivity contribution in [1.29, 1.82) is 5.26 Å². The number of pyridine rings is 1. The number of hydrogen-bond donors (Lipinski definition) is 1. The van der Waals surface area contributed by atoms with Crippen LogP contribution in [0.1, 0.15) is 23.0 Å². The van der Waals surface area contributed by atoms with Gasteiger partial charge < -0.3 is 9.88 Å². The molecule has 0 saturated carbocycles. The number of hydrogen-bond acceptors (Lipinski definition) is 4. The lowest BCUT2D eigenvalue weighted by atomic mass is 10.2. The number of nitrogens with zero attached hydrogens (tertiary/aromatic N) is 4. The Balaban J connectivity index is 1.94. The first-order valence-electron chi connectivity index (χ1n) is 5.82. The van der Waals surface area contributed by atoms with Gasteiger partial charge in [-0.3, -0.25) is 4.79 Å². The number of rotatable bonds is 4. The number of carbonyl (C=O) groups is 1. The smallest absolute Gasteiger partial charge is 0.270 e. The lowest BCUT2D eigenvalue weighted by Gasteiger charge is -2.13. The molecular formula is C13H13N5O. The number of nitriles is 1. The minimum atomic E-state index is -0.253. The third-order valence-electron chi connectivity index (χ3n) is 2.55. The van der Waals surface area contributed by atoms with Crippen molar-refractivity contribution in [2.75, 3.05) is 0 Å². The summed E-state index contributed by atoms with van der Waals surface area (Å²) in [4.78, 5) is 19.8. The lowest BCUT2D eigenvalue weighted by Crippen LogP contribution is -2.35. The zero-order chi connectivity index (χ0) is 13.7. The molecule has 2 rings (SSSR count). The van der Waals surface area contributed by atoms with Crippen LogP contribution < -0.4 is 5.32 Å². The van der Waals surface area contributed by atoms with Crippen LogP contribution in [0.4, 0.5) is 0 Å². The molecule has 1 atom stereocenters. The molecule has 0 fully saturated rings. The quantitative estimate of drug-likeness (QED) is 0.882. The lowest BCUT2D eigenvalue weighted by molar-refractivity contribution is 0.0931. The maximum Gasteiger partial charge on any atom is 0.270 e. The average molecular weight is 255 g/mol. The maximum atomic E-state index is 11.9. The van der Waals surface area contributed by atoms with E-state index in [1.54, 1.807) is 18.6 Å². The van der Waals surface area contributed by atoms with Gasteiger partial charge in [0.05, 0.1) is 11.9 Å². The Bertz CT molecular complexity index is 582. The number of amides is 1. The Hall–Kier alpha value is -2.68. The molecule has 2 aromatic rings. The van der Waals surface area contributed by atoms with Crippen LogP contribution in [0.2, 0.25) is 0 Å². The van der Waals surface area contributed by atoms with Gasteiger partial charge in [-0.25, -0.2) is 9.97 Å². The van der Waals surface area contributed by atoms with E-state index >= 15 is 0 Å². The highest BCUT2D eigenvalue weighted by atomic mass is 16.1. The van der Waals surface area contributed by atoms with Crippen molar-refractivity contribution in [2.45, 2.75) is 19.5 Å². The molecule has 0 radical (unpaired) electrons. The van der Waals surface area contributed by atoms with Crippen LogP contribution in [-0.2, 0) is 6.54 Å². The summed E-state index contributed by atoms with van der Waals surface area (Å²) >= 11 is 0. The van der Waals surface area contributed by atoms with E-state index in [9.17, 15) is 4.79 Å². The average Bonchev–Trinajstić information content (AvgIpc) is 2.91. The highest BCUT2D eigenvalue weighted by Gasteiger charge is 2.11. The molecule has 1 unspecified atom stereocenters. The van der Waals surface area contributed by atoms with E-state index in [0.29, 0.717) is 17.8 Å². The minimum Gasteiger partial charge on any atom is -0.346 e. The first-order valence-corrected chi connectivity index (χ1v) is 5.82. The largest absolute Gasteiger partial charge is 0.346 e. The zero-order valence-electron chi connectivity index (χ0n) is 10.4. The highest BCUT2D eigenvalue weighted by molar-refractivity contribution is 5.92. The Morgan fingerprint density at radius 2 is 2.42 bits per heavy atom. The van der Waals surface area contributed by atoms with Crippen molar-refractivity contribution in [2.24, 2.45) is 0 Å². The van der Waals surface area contributed by atoms with Crippen LogP contribution in [0.15, 0.2) is 37.1 Å². The van der Waals surface area contributed by atoms with E-state index < -0.39 is 0 Å². The summed E-state index contributed by atoms with van der Waals surface area (Å²) in [6.07, 6.45) is 6.61. The van der Waals surface area contributed by atoms with E-state index in [1.807, 2.05) is 23.8 Å². The van der Waals surface area contributed by atoms with Gasteiger partial charge in [-0.05, 0) is 19.1 Å².